The second kappa shape index (κ2) is 7.60. The first-order chi connectivity index (χ1) is 14.5. The van der Waals surface area contributed by atoms with E-state index >= 15 is 0 Å². The van der Waals surface area contributed by atoms with E-state index in [1.165, 1.54) is 13.0 Å². The molecule has 3 aliphatic rings. The van der Waals surface area contributed by atoms with Gasteiger partial charge in [-0.1, -0.05) is 26.8 Å². The SMILES string of the molecule is C=C[C@@]1(C)CC(=O)[C@]2(O)[C@@]3(C)[C@@H](O)CCC(C)(C)[C@@H]3[C@H](O)[C@H](OC(=O)CN(C)C)[C@@]2(C)O1. The summed E-state index contributed by atoms with van der Waals surface area (Å²) in [6.45, 7) is 12.4. The molecular formula is C24H39NO7. The standard InChI is InChI=1S/C24H39NO7/c1-9-21(4)12-15(27)24(30)22(5)14(26)10-11-20(2,3)18(22)17(29)19(23(24,6)32-21)31-16(28)13-25(7)8/h9,14,17-19,26,29-30H,1,10-13H2,2-8H3/t14-,17-,18-,19-,21-,22-,23+,24-/m0/s1. The Morgan fingerprint density at radius 3 is 2.38 bits per heavy atom. The number of likely N-dealkylation sites (N-methyl/N-ethyl adjacent to an activating group) is 1. The average molecular weight is 454 g/mol. The van der Waals surface area contributed by atoms with Crippen molar-refractivity contribution in [3.63, 3.8) is 0 Å². The predicted octanol–water partition coefficient (Wildman–Crippen LogP) is 1.06. The lowest BCUT2D eigenvalue weighted by molar-refractivity contribution is -0.370. The molecule has 0 bridgehead atoms. The largest absolute Gasteiger partial charge is 0.455 e. The first-order valence-corrected chi connectivity index (χ1v) is 11.3. The molecule has 1 aliphatic heterocycles. The second-order valence-electron chi connectivity index (χ2n) is 11.5. The molecule has 3 N–H and O–H groups in total. The van der Waals surface area contributed by atoms with Crippen LogP contribution in [0.15, 0.2) is 12.7 Å². The van der Waals surface area contributed by atoms with E-state index < -0.39 is 63.6 Å². The van der Waals surface area contributed by atoms with Crippen LogP contribution in [0.5, 0.6) is 0 Å². The van der Waals surface area contributed by atoms with Gasteiger partial charge in [-0.3, -0.25) is 14.5 Å². The monoisotopic (exact) mass is 453 g/mol. The van der Waals surface area contributed by atoms with Crippen LogP contribution < -0.4 is 0 Å². The van der Waals surface area contributed by atoms with Crippen molar-refractivity contribution >= 4 is 11.8 Å². The minimum absolute atomic E-state index is 0.0433. The van der Waals surface area contributed by atoms with Crippen LogP contribution in [0.25, 0.3) is 0 Å². The highest BCUT2D eigenvalue weighted by Gasteiger charge is 2.81. The van der Waals surface area contributed by atoms with Crippen LogP contribution in [0.1, 0.15) is 53.9 Å². The Hall–Kier alpha value is -1.32. The molecule has 182 valence electrons. The van der Waals surface area contributed by atoms with Crippen molar-refractivity contribution in [3.8, 4) is 0 Å². The third kappa shape index (κ3) is 3.21. The van der Waals surface area contributed by atoms with Crippen molar-refractivity contribution < 1.29 is 34.4 Å². The van der Waals surface area contributed by atoms with Crippen molar-refractivity contribution in [2.45, 2.75) is 89.0 Å². The molecule has 0 aromatic heterocycles. The number of nitrogens with zero attached hydrogens (tertiary/aromatic N) is 1. The van der Waals surface area contributed by atoms with Crippen molar-refractivity contribution in [3.05, 3.63) is 12.7 Å². The Morgan fingerprint density at radius 2 is 1.84 bits per heavy atom. The van der Waals surface area contributed by atoms with Gasteiger partial charge in [0.25, 0.3) is 0 Å². The summed E-state index contributed by atoms with van der Waals surface area (Å²) < 4.78 is 12.1. The molecule has 2 aliphatic carbocycles. The molecule has 2 saturated carbocycles. The Balaban J connectivity index is 2.26. The van der Waals surface area contributed by atoms with Gasteiger partial charge in [-0.25, -0.2) is 0 Å². The number of carbonyl (C=O) groups is 2. The number of carbonyl (C=O) groups excluding carboxylic acids is 2. The molecule has 0 amide bonds. The lowest BCUT2D eigenvalue weighted by atomic mass is 9.40. The highest BCUT2D eigenvalue weighted by atomic mass is 16.6. The van der Waals surface area contributed by atoms with Gasteiger partial charge in [0, 0.05) is 17.8 Å². The number of esters is 1. The van der Waals surface area contributed by atoms with Crippen LogP contribution in [-0.4, -0.2) is 87.7 Å². The third-order valence-electron chi connectivity index (χ3n) is 8.43. The van der Waals surface area contributed by atoms with Crippen LogP contribution in [0.2, 0.25) is 0 Å². The van der Waals surface area contributed by atoms with E-state index in [-0.39, 0.29) is 13.0 Å². The van der Waals surface area contributed by atoms with E-state index in [0.29, 0.717) is 12.8 Å². The number of hydrogen-bond acceptors (Lipinski definition) is 8. The number of rotatable bonds is 4. The number of ether oxygens (including phenoxy) is 2. The first-order valence-electron chi connectivity index (χ1n) is 11.3. The van der Waals surface area contributed by atoms with Gasteiger partial charge < -0.3 is 24.8 Å². The van der Waals surface area contributed by atoms with Crippen LogP contribution in [0.3, 0.4) is 0 Å². The molecule has 0 aromatic carbocycles. The maximum Gasteiger partial charge on any atom is 0.320 e. The molecule has 8 atom stereocenters. The fourth-order valence-electron chi connectivity index (χ4n) is 6.92. The summed E-state index contributed by atoms with van der Waals surface area (Å²) in [6.07, 6.45) is -1.38. The van der Waals surface area contributed by atoms with E-state index in [0.717, 1.165) is 0 Å². The van der Waals surface area contributed by atoms with Gasteiger partial charge >= 0.3 is 5.97 Å². The van der Waals surface area contributed by atoms with Gasteiger partial charge in [0.05, 0.1) is 24.4 Å². The highest BCUT2D eigenvalue weighted by molar-refractivity contribution is 5.92. The number of hydrogen-bond donors (Lipinski definition) is 3. The summed E-state index contributed by atoms with van der Waals surface area (Å²) in [7, 11) is 3.42. The molecule has 8 heteroatoms. The maximum absolute atomic E-state index is 13.7. The van der Waals surface area contributed by atoms with Gasteiger partial charge in [0.15, 0.2) is 17.5 Å². The highest BCUT2D eigenvalue weighted by Crippen LogP contribution is 2.67. The number of ketones is 1. The third-order valence-corrected chi connectivity index (χ3v) is 8.43. The van der Waals surface area contributed by atoms with Crippen molar-refractivity contribution in [1.82, 2.24) is 4.90 Å². The zero-order chi connectivity index (χ0) is 24.5. The van der Waals surface area contributed by atoms with Gasteiger partial charge in [0.1, 0.15) is 5.60 Å². The van der Waals surface area contributed by atoms with Gasteiger partial charge in [-0.15, -0.1) is 6.58 Å². The zero-order valence-electron chi connectivity index (χ0n) is 20.3. The van der Waals surface area contributed by atoms with Crippen LogP contribution >= 0.6 is 0 Å². The van der Waals surface area contributed by atoms with E-state index in [4.69, 9.17) is 9.47 Å². The van der Waals surface area contributed by atoms with Gasteiger partial charge in [0.2, 0.25) is 0 Å². The molecular weight excluding hydrogens is 414 g/mol. The summed E-state index contributed by atoms with van der Waals surface area (Å²) in [5, 5.41) is 35.2. The van der Waals surface area contributed by atoms with Crippen molar-refractivity contribution in [1.29, 1.82) is 0 Å². The molecule has 3 fully saturated rings. The second-order valence-corrected chi connectivity index (χ2v) is 11.5. The molecule has 0 aromatic rings. The number of Topliss-reactive ketones (excluding diaryl/α,β-unsaturated/α-hetero) is 1. The fourth-order valence-corrected chi connectivity index (χ4v) is 6.92. The van der Waals surface area contributed by atoms with Gasteiger partial charge in [-0.2, -0.15) is 0 Å². The predicted molar refractivity (Wildman–Crippen MR) is 118 cm³/mol. The van der Waals surface area contributed by atoms with Crippen LogP contribution in [0.4, 0.5) is 0 Å². The summed E-state index contributed by atoms with van der Waals surface area (Å²) in [4.78, 5) is 28.1. The first kappa shape index (κ1) is 25.3. The molecule has 0 radical (unpaired) electrons. The lowest BCUT2D eigenvalue weighted by Gasteiger charge is -2.71. The zero-order valence-corrected chi connectivity index (χ0v) is 20.3. The molecule has 1 heterocycles. The van der Waals surface area contributed by atoms with Crippen LogP contribution in [0, 0.1) is 16.7 Å². The number of aliphatic hydroxyl groups excluding tert-OH is 2. The molecule has 0 spiro atoms. The molecule has 3 rings (SSSR count). The average Bonchev–Trinajstić information content (AvgIpc) is 2.65. The Labute approximate surface area is 190 Å². The molecule has 8 nitrogen and oxygen atoms in total. The molecule has 1 saturated heterocycles. The number of aliphatic hydroxyl groups is 3. The summed E-state index contributed by atoms with van der Waals surface area (Å²) in [6, 6.07) is 0. The van der Waals surface area contributed by atoms with E-state index in [1.807, 2.05) is 13.8 Å². The lowest BCUT2D eigenvalue weighted by Crippen LogP contribution is -2.86. The Morgan fingerprint density at radius 1 is 1.25 bits per heavy atom. The number of fused-ring (bicyclic) bond motifs is 3. The minimum atomic E-state index is -2.20. The van der Waals surface area contributed by atoms with Crippen molar-refractivity contribution in [2.24, 2.45) is 16.7 Å². The summed E-state index contributed by atoms with van der Waals surface area (Å²) in [5.74, 6) is -1.85. The van der Waals surface area contributed by atoms with E-state index in [2.05, 4.69) is 6.58 Å². The quantitative estimate of drug-likeness (QED) is 0.427. The Kier molecular flexibility index (Phi) is 6.01. The Bertz CT molecular complexity index is 812. The van der Waals surface area contributed by atoms with E-state index in [1.54, 1.807) is 32.8 Å². The fraction of sp³-hybridized carbons (Fsp3) is 0.833. The summed E-state index contributed by atoms with van der Waals surface area (Å²) in [5.41, 5.74) is -7.12. The maximum atomic E-state index is 13.7. The van der Waals surface area contributed by atoms with E-state index in [9.17, 15) is 24.9 Å². The van der Waals surface area contributed by atoms with Gasteiger partial charge in [-0.05, 0) is 46.2 Å². The normalized spacial score (nSPS) is 48.0. The molecule has 0 unspecified atom stereocenters. The topological polar surface area (TPSA) is 117 Å². The van der Waals surface area contributed by atoms with Crippen molar-refractivity contribution in [2.75, 3.05) is 20.6 Å². The minimum Gasteiger partial charge on any atom is -0.455 e. The molecule has 32 heavy (non-hydrogen) atoms. The smallest absolute Gasteiger partial charge is 0.320 e. The van der Waals surface area contributed by atoms with Crippen LogP contribution in [-0.2, 0) is 19.1 Å². The summed E-state index contributed by atoms with van der Waals surface area (Å²) >= 11 is 0.